The minimum atomic E-state index is -0.582. The average Bonchev–Trinajstić information content (AvgIpc) is 2.77. The fourth-order valence-electron chi connectivity index (χ4n) is 3.23. The molecular formula is C21H25N3O5. The van der Waals surface area contributed by atoms with E-state index in [0.717, 1.165) is 24.5 Å². The molecule has 2 N–H and O–H groups in total. The maximum atomic E-state index is 12.9. The number of anilines is 1. The van der Waals surface area contributed by atoms with Crippen LogP contribution in [0.3, 0.4) is 0 Å². The number of methoxy groups -OCH3 is 2. The quantitative estimate of drug-likeness (QED) is 0.759. The Morgan fingerprint density at radius 2 is 1.72 bits per heavy atom. The predicted molar refractivity (Wildman–Crippen MR) is 109 cm³/mol. The molecule has 2 aromatic rings. The molecule has 8 heteroatoms. The number of primary amides is 1. The van der Waals surface area contributed by atoms with Gasteiger partial charge in [-0.3, -0.25) is 9.59 Å². The first-order valence-corrected chi connectivity index (χ1v) is 9.29. The molecule has 0 saturated carbocycles. The average molecular weight is 399 g/mol. The third-order valence-electron chi connectivity index (χ3n) is 4.77. The van der Waals surface area contributed by atoms with E-state index in [1.54, 1.807) is 25.3 Å². The van der Waals surface area contributed by atoms with Crippen LogP contribution >= 0.6 is 0 Å². The lowest BCUT2D eigenvalue weighted by Crippen LogP contribution is -2.48. The Morgan fingerprint density at radius 3 is 2.38 bits per heavy atom. The lowest BCUT2D eigenvalue weighted by molar-refractivity contribution is -0.119. The van der Waals surface area contributed by atoms with E-state index in [-0.39, 0.29) is 12.5 Å². The van der Waals surface area contributed by atoms with Gasteiger partial charge in [-0.2, -0.15) is 0 Å². The van der Waals surface area contributed by atoms with Crippen molar-refractivity contribution in [3.05, 3.63) is 48.0 Å². The van der Waals surface area contributed by atoms with Crippen molar-refractivity contribution in [2.75, 3.05) is 51.9 Å². The molecule has 8 nitrogen and oxygen atoms in total. The Morgan fingerprint density at radius 1 is 0.966 bits per heavy atom. The van der Waals surface area contributed by atoms with E-state index in [0.29, 0.717) is 30.2 Å². The largest absolute Gasteiger partial charge is 0.497 e. The Kier molecular flexibility index (Phi) is 6.43. The van der Waals surface area contributed by atoms with Gasteiger partial charge in [0.1, 0.15) is 5.75 Å². The molecule has 1 aliphatic rings. The van der Waals surface area contributed by atoms with E-state index < -0.39 is 5.91 Å². The highest BCUT2D eigenvalue weighted by atomic mass is 16.5. The summed E-state index contributed by atoms with van der Waals surface area (Å²) in [7, 11) is 3.13. The minimum absolute atomic E-state index is 0.0740. The predicted octanol–water partition coefficient (Wildman–Crippen LogP) is 1.53. The van der Waals surface area contributed by atoms with Gasteiger partial charge in [-0.25, -0.2) is 0 Å². The topological polar surface area (TPSA) is 94.3 Å². The van der Waals surface area contributed by atoms with Crippen molar-refractivity contribution in [1.82, 2.24) is 4.90 Å². The van der Waals surface area contributed by atoms with Crippen LogP contribution in [0.4, 0.5) is 5.69 Å². The van der Waals surface area contributed by atoms with Crippen molar-refractivity contribution in [3.8, 4) is 17.2 Å². The normalized spacial score (nSPS) is 13.7. The number of carbonyl (C=O) groups is 2. The molecule has 0 aliphatic carbocycles. The van der Waals surface area contributed by atoms with Crippen molar-refractivity contribution in [3.63, 3.8) is 0 Å². The highest BCUT2D eigenvalue weighted by molar-refractivity contribution is 5.95. The standard InChI is InChI=1S/C21H25N3O5/c1-27-17-5-3-4-16(13-17)23-8-10-24(11-9-23)21(26)15-6-7-18(19(12-15)28-2)29-14-20(22)25/h3-7,12-13H,8-11,14H2,1-2H3,(H2,22,25). The number of hydrogen-bond acceptors (Lipinski definition) is 6. The minimum Gasteiger partial charge on any atom is -0.497 e. The van der Waals surface area contributed by atoms with E-state index in [1.807, 2.05) is 29.2 Å². The first kappa shape index (κ1) is 20.3. The van der Waals surface area contributed by atoms with Crippen LogP contribution in [0.25, 0.3) is 0 Å². The first-order valence-electron chi connectivity index (χ1n) is 9.29. The van der Waals surface area contributed by atoms with E-state index in [4.69, 9.17) is 19.9 Å². The second kappa shape index (κ2) is 9.18. The van der Waals surface area contributed by atoms with Gasteiger partial charge in [-0.1, -0.05) is 6.07 Å². The van der Waals surface area contributed by atoms with E-state index >= 15 is 0 Å². The van der Waals surface area contributed by atoms with Crippen molar-refractivity contribution >= 4 is 17.5 Å². The molecule has 3 rings (SSSR count). The summed E-state index contributed by atoms with van der Waals surface area (Å²) in [6.45, 7) is 2.43. The number of rotatable bonds is 7. The van der Waals surface area contributed by atoms with Crippen molar-refractivity contribution < 1.29 is 23.8 Å². The fourth-order valence-corrected chi connectivity index (χ4v) is 3.23. The van der Waals surface area contributed by atoms with Gasteiger partial charge in [0.05, 0.1) is 14.2 Å². The highest BCUT2D eigenvalue weighted by Crippen LogP contribution is 2.29. The van der Waals surface area contributed by atoms with Gasteiger partial charge < -0.3 is 29.7 Å². The smallest absolute Gasteiger partial charge is 0.255 e. The molecule has 2 aromatic carbocycles. The second-order valence-electron chi connectivity index (χ2n) is 6.60. The number of ether oxygens (including phenoxy) is 3. The van der Waals surface area contributed by atoms with Crippen LogP contribution in [-0.4, -0.2) is 63.7 Å². The maximum Gasteiger partial charge on any atom is 0.255 e. The zero-order valence-corrected chi connectivity index (χ0v) is 16.6. The summed E-state index contributed by atoms with van der Waals surface area (Å²) in [5.74, 6) is 0.903. The highest BCUT2D eigenvalue weighted by Gasteiger charge is 2.23. The van der Waals surface area contributed by atoms with Crippen molar-refractivity contribution in [1.29, 1.82) is 0 Å². The molecule has 0 spiro atoms. The SMILES string of the molecule is COc1cccc(N2CCN(C(=O)c3ccc(OCC(N)=O)c(OC)c3)CC2)c1. The zero-order chi connectivity index (χ0) is 20.8. The van der Waals surface area contributed by atoms with E-state index in [2.05, 4.69) is 4.90 Å². The van der Waals surface area contributed by atoms with Crippen LogP contribution < -0.4 is 24.8 Å². The number of hydrogen-bond donors (Lipinski definition) is 1. The number of nitrogens with zero attached hydrogens (tertiary/aromatic N) is 2. The summed E-state index contributed by atoms with van der Waals surface area (Å²) in [5.41, 5.74) is 6.68. The third-order valence-corrected chi connectivity index (χ3v) is 4.77. The van der Waals surface area contributed by atoms with Crippen LogP contribution in [0, 0.1) is 0 Å². The molecule has 1 heterocycles. The number of amides is 2. The Labute approximate surface area is 169 Å². The van der Waals surface area contributed by atoms with E-state index in [1.165, 1.54) is 7.11 Å². The monoisotopic (exact) mass is 399 g/mol. The van der Waals surface area contributed by atoms with Gasteiger partial charge in [-0.05, 0) is 30.3 Å². The van der Waals surface area contributed by atoms with Gasteiger partial charge in [0.2, 0.25) is 0 Å². The van der Waals surface area contributed by atoms with Crippen LogP contribution in [0.15, 0.2) is 42.5 Å². The number of nitrogens with two attached hydrogens (primary N) is 1. The molecule has 154 valence electrons. The van der Waals surface area contributed by atoms with Gasteiger partial charge in [-0.15, -0.1) is 0 Å². The van der Waals surface area contributed by atoms with Crippen molar-refractivity contribution in [2.45, 2.75) is 0 Å². The molecule has 0 aromatic heterocycles. The van der Waals surface area contributed by atoms with Crippen LogP contribution in [0.5, 0.6) is 17.2 Å². The number of benzene rings is 2. The van der Waals surface area contributed by atoms with Gasteiger partial charge in [0.25, 0.3) is 11.8 Å². The maximum absolute atomic E-state index is 12.9. The first-order chi connectivity index (χ1) is 14.0. The lowest BCUT2D eigenvalue weighted by Gasteiger charge is -2.36. The summed E-state index contributed by atoms with van der Waals surface area (Å²) in [5, 5.41) is 0. The van der Waals surface area contributed by atoms with E-state index in [9.17, 15) is 9.59 Å². The molecule has 2 amide bonds. The second-order valence-corrected chi connectivity index (χ2v) is 6.60. The fraction of sp³-hybridized carbons (Fsp3) is 0.333. The third kappa shape index (κ3) is 4.90. The van der Waals surface area contributed by atoms with Crippen LogP contribution in [0.1, 0.15) is 10.4 Å². The Hall–Kier alpha value is -3.42. The molecule has 1 fully saturated rings. The lowest BCUT2D eigenvalue weighted by atomic mass is 10.1. The Balaban J connectivity index is 1.64. The number of carbonyl (C=O) groups excluding carboxylic acids is 2. The molecule has 0 atom stereocenters. The molecular weight excluding hydrogens is 374 g/mol. The summed E-state index contributed by atoms with van der Waals surface area (Å²) >= 11 is 0. The Bertz CT molecular complexity index is 878. The van der Waals surface area contributed by atoms with Crippen LogP contribution in [0.2, 0.25) is 0 Å². The van der Waals surface area contributed by atoms with Crippen molar-refractivity contribution in [2.24, 2.45) is 5.73 Å². The summed E-state index contributed by atoms with van der Waals surface area (Å²) in [6, 6.07) is 12.8. The molecule has 0 unspecified atom stereocenters. The molecule has 1 aliphatic heterocycles. The summed E-state index contributed by atoms with van der Waals surface area (Å²) in [6.07, 6.45) is 0. The van der Waals surface area contributed by atoms with Gasteiger partial charge in [0.15, 0.2) is 18.1 Å². The van der Waals surface area contributed by atoms with Gasteiger partial charge in [0, 0.05) is 43.5 Å². The molecule has 0 bridgehead atoms. The molecule has 1 saturated heterocycles. The van der Waals surface area contributed by atoms with Crippen LogP contribution in [-0.2, 0) is 4.79 Å². The summed E-state index contributed by atoms with van der Waals surface area (Å²) < 4.78 is 15.9. The number of piperazine rings is 1. The summed E-state index contributed by atoms with van der Waals surface area (Å²) in [4.78, 5) is 27.9. The zero-order valence-electron chi connectivity index (χ0n) is 16.6. The van der Waals surface area contributed by atoms with Gasteiger partial charge >= 0.3 is 0 Å². The molecule has 0 radical (unpaired) electrons. The molecule has 29 heavy (non-hydrogen) atoms.